The minimum atomic E-state index is -0.490. The SMILES string of the molecule is Cn1ncc(NC(=O)C2=NC(c3ccccc3F)CC=C2N)c1N1CCC(N)CC1. The summed E-state index contributed by atoms with van der Waals surface area (Å²) in [4.78, 5) is 19.6. The van der Waals surface area contributed by atoms with Crippen LogP contribution in [0.15, 0.2) is 47.2 Å². The molecular formula is C21H26FN7O. The molecule has 8 nitrogen and oxygen atoms in total. The van der Waals surface area contributed by atoms with Crippen LogP contribution in [0.4, 0.5) is 15.9 Å². The lowest BCUT2D eigenvalue weighted by Gasteiger charge is -2.32. The van der Waals surface area contributed by atoms with E-state index in [1.165, 1.54) is 6.07 Å². The Kier molecular flexibility index (Phi) is 5.54. The fourth-order valence-electron chi connectivity index (χ4n) is 3.94. The number of hydrogen-bond acceptors (Lipinski definition) is 6. The first kappa shape index (κ1) is 20.1. The van der Waals surface area contributed by atoms with Crippen LogP contribution in [0.5, 0.6) is 0 Å². The molecule has 4 rings (SSSR count). The van der Waals surface area contributed by atoms with Crippen molar-refractivity contribution in [3.63, 3.8) is 0 Å². The molecule has 0 bridgehead atoms. The van der Waals surface area contributed by atoms with Gasteiger partial charge in [0.15, 0.2) is 5.82 Å². The fraction of sp³-hybridized carbons (Fsp3) is 0.381. The first-order valence-corrected chi connectivity index (χ1v) is 10.1. The summed E-state index contributed by atoms with van der Waals surface area (Å²) in [6.45, 7) is 1.59. The molecule has 1 atom stereocenters. The first-order chi connectivity index (χ1) is 14.4. The Morgan fingerprint density at radius 3 is 2.73 bits per heavy atom. The third-order valence-corrected chi connectivity index (χ3v) is 5.59. The van der Waals surface area contributed by atoms with Gasteiger partial charge in [-0.05, 0) is 25.3 Å². The molecule has 1 aromatic carbocycles. The lowest BCUT2D eigenvalue weighted by molar-refractivity contribution is -0.110. The van der Waals surface area contributed by atoms with Gasteiger partial charge in [-0.25, -0.2) is 4.39 Å². The number of benzene rings is 1. The Morgan fingerprint density at radius 2 is 2.00 bits per heavy atom. The number of aryl methyl sites for hydroxylation is 1. The second kappa shape index (κ2) is 8.27. The van der Waals surface area contributed by atoms with Gasteiger partial charge >= 0.3 is 0 Å². The molecule has 158 valence electrons. The smallest absolute Gasteiger partial charge is 0.276 e. The van der Waals surface area contributed by atoms with Gasteiger partial charge in [-0.15, -0.1) is 0 Å². The summed E-state index contributed by atoms with van der Waals surface area (Å²) in [6.07, 6.45) is 5.53. The van der Waals surface area contributed by atoms with Crippen LogP contribution in [0.25, 0.3) is 0 Å². The molecule has 3 heterocycles. The Morgan fingerprint density at radius 1 is 1.27 bits per heavy atom. The van der Waals surface area contributed by atoms with Crippen LogP contribution in [0.2, 0.25) is 0 Å². The maximum Gasteiger partial charge on any atom is 0.276 e. The van der Waals surface area contributed by atoms with Crippen molar-refractivity contribution in [2.24, 2.45) is 23.5 Å². The number of nitrogens with two attached hydrogens (primary N) is 2. The van der Waals surface area contributed by atoms with Crippen molar-refractivity contribution < 1.29 is 9.18 Å². The zero-order valence-corrected chi connectivity index (χ0v) is 16.9. The number of carbonyl (C=O) groups excluding carboxylic acids is 1. The average molecular weight is 411 g/mol. The first-order valence-electron chi connectivity index (χ1n) is 10.1. The van der Waals surface area contributed by atoms with Gasteiger partial charge in [0, 0.05) is 31.7 Å². The maximum atomic E-state index is 14.2. The summed E-state index contributed by atoms with van der Waals surface area (Å²) in [5.74, 6) is 0.0327. The molecule has 2 aliphatic rings. The van der Waals surface area contributed by atoms with Gasteiger partial charge in [0.25, 0.3) is 5.91 Å². The quantitative estimate of drug-likeness (QED) is 0.710. The molecule has 0 spiro atoms. The summed E-state index contributed by atoms with van der Waals surface area (Å²) in [7, 11) is 1.83. The van der Waals surface area contributed by atoms with E-state index >= 15 is 0 Å². The number of rotatable bonds is 4. The number of aromatic nitrogens is 2. The molecule has 1 fully saturated rings. The van der Waals surface area contributed by atoms with E-state index in [9.17, 15) is 9.18 Å². The number of aliphatic imine (C=N–C) groups is 1. The second-order valence-corrected chi connectivity index (χ2v) is 7.69. The van der Waals surface area contributed by atoms with E-state index in [4.69, 9.17) is 11.5 Å². The molecule has 2 aliphatic heterocycles. The highest BCUT2D eigenvalue weighted by Gasteiger charge is 2.27. The van der Waals surface area contributed by atoms with E-state index in [-0.39, 0.29) is 23.3 Å². The highest BCUT2D eigenvalue weighted by molar-refractivity contribution is 6.49. The number of nitrogens with zero attached hydrogens (tertiary/aromatic N) is 4. The summed E-state index contributed by atoms with van der Waals surface area (Å²) in [6, 6.07) is 6.15. The van der Waals surface area contributed by atoms with Gasteiger partial charge in [0.05, 0.1) is 17.9 Å². The lowest BCUT2D eigenvalue weighted by atomic mass is 9.99. The molecule has 30 heavy (non-hydrogen) atoms. The number of carbonyl (C=O) groups is 1. The van der Waals surface area contributed by atoms with Crippen LogP contribution in [0.1, 0.15) is 30.9 Å². The molecule has 1 aromatic heterocycles. The van der Waals surface area contributed by atoms with Crippen LogP contribution in [-0.2, 0) is 11.8 Å². The average Bonchev–Trinajstić information content (AvgIpc) is 3.09. The molecule has 1 saturated heterocycles. The van der Waals surface area contributed by atoms with Gasteiger partial charge < -0.3 is 21.7 Å². The van der Waals surface area contributed by atoms with Crippen molar-refractivity contribution in [2.75, 3.05) is 23.3 Å². The third-order valence-electron chi connectivity index (χ3n) is 5.59. The van der Waals surface area contributed by atoms with E-state index in [0.717, 1.165) is 31.7 Å². The predicted octanol–water partition coefficient (Wildman–Crippen LogP) is 1.85. The van der Waals surface area contributed by atoms with Crippen molar-refractivity contribution >= 4 is 23.1 Å². The van der Waals surface area contributed by atoms with Crippen LogP contribution in [0, 0.1) is 5.82 Å². The fourth-order valence-corrected chi connectivity index (χ4v) is 3.94. The Labute approximate surface area is 174 Å². The highest BCUT2D eigenvalue weighted by Crippen LogP contribution is 2.30. The van der Waals surface area contributed by atoms with E-state index in [1.807, 2.05) is 7.05 Å². The van der Waals surface area contributed by atoms with E-state index in [0.29, 0.717) is 17.7 Å². The monoisotopic (exact) mass is 411 g/mol. The number of piperidine rings is 1. The van der Waals surface area contributed by atoms with Crippen LogP contribution < -0.4 is 21.7 Å². The minimum absolute atomic E-state index is 0.102. The summed E-state index contributed by atoms with van der Waals surface area (Å²) >= 11 is 0. The van der Waals surface area contributed by atoms with Crippen LogP contribution in [-0.4, -0.2) is 40.5 Å². The number of anilines is 2. The molecule has 9 heteroatoms. The Bertz CT molecular complexity index is 1000. The molecule has 0 radical (unpaired) electrons. The maximum absolute atomic E-state index is 14.2. The molecule has 2 aromatic rings. The topological polar surface area (TPSA) is 115 Å². The van der Waals surface area contributed by atoms with Crippen molar-refractivity contribution in [1.82, 2.24) is 9.78 Å². The molecule has 0 saturated carbocycles. The predicted molar refractivity (Wildman–Crippen MR) is 115 cm³/mol. The van der Waals surface area contributed by atoms with Crippen molar-refractivity contribution in [2.45, 2.75) is 31.3 Å². The Hall–Kier alpha value is -3.20. The van der Waals surface area contributed by atoms with E-state index < -0.39 is 11.9 Å². The zero-order valence-electron chi connectivity index (χ0n) is 16.9. The number of dihydropyridines is 1. The second-order valence-electron chi connectivity index (χ2n) is 7.69. The number of nitrogens with one attached hydrogen (secondary N) is 1. The largest absolute Gasteiger partial charge is 0.397 e. The van der Waals surface area contributed by atoms with Gasteiger partial charge in [-0.2, -0.15) is 5.10 Å². The molecule has 1 unspecified atom stereocenters. The minimum Gasteiger partial charge on any atom is -0.397 e. The lowest BCUT2D eigenvalue weighted by Crippen LogP contribution is -2.41. The van der Waals surface area contributed by atoms with Crippen molar-refractivity contribution in [3.8, 4) is 0 Å². The number of amides is 1. The van der Waals surface area contributed by atoms with E-state index in [2.05, 4.69) is 20.3 Å². The molecule has 1 amide bonds. The van der Waals surface area contributed by atoms with Gasteiger partial charge in [-0.1, -0.05) is 24.3 Å². The summed E-state index contributed by atoms with van der Waals surface area (Å²) in [5.41, 5.74) is 13.5. The molecule has 5 N–H and O–H groups in total. The van der Waals surface area contributed by atoms with Crippen molar-refractivity contribution in [1.29, 1.82) is 0 Å². The van der Waals surface area contributed by atoms with Gasteiger partial charge in [-0.3, -0.25) is 14.5 Å². The van der Waals surface area contributed by atoms with Crippen LogP contribution in [0.3, 0.4) is 0 Å². The summed E-state index contributed by atoms with van der Waals surface area (Å²) in [5, 5.41) is 7.18. The van der Waals surface area contributed by atoms with Crippen molar-refractivity contribution in [3.05, 3.63) is 53.6 Å². The number of hydrogen-bond donors (Lipinski definition) is 3. The molecular weight excluding hydrogens is 385 g/mol. The zero-order chi connectivity index (χ0) is 21.3. The number of halogens is 1. The van der Waals surface area contributed by atoms with Crippen LogP contribution >= 0.6 is 0 Å². The van der Waals surface area contributed by atoms with E-state index in [1.54, 1.807) is 35.2 Å². The standard InChI is InChI=1S/C21H26FN7O/c1-28-21(29-10-8-13(23)9-11-29)18(12-25-28)27-20(30)19-16(24)6-7-17(26-19)14-4-2-3-5-15(14)22/h2-6,12-13,17H,7-11,23-24H2,1H3,(H,27,30). The summed E-state index contributed by atoms with van der Waals surface area (Å²) < 4.78 is 15.9. The molecule has 0 aliphatic carbocycles. The normalized spacial score (nSPS) is 20.0. The van der Waals surface area contributed by atoms with Gasteiger partial charge in [0.1, 0.15) is 17.2 Å². The highest BCUT2D eigenvalue weighted by atomic mass is 19.1. The van der Waals surface area contributed by atoms with Gasteiger partial charge in [0.2, 0.25) is 0 Å². The Balaban J connectivity index is 1.56. The third kappa shape index (κ3) is 3.93.